The molecule has 1 N–H and O–H groups in total. The Bertz CT molecular complexity index is 901. The van der Waals surface area contributed by atoms with Crippen LogP contribution in [-0.4, -0.2) is 34.5 Å². The van der Waals surface area contributed by atoms with Gasteiger partial charge in [0.15, 0.2) is 0 Å². The molecule has 0 spiro atoms. The van der Waals surface area contributed by atoms with Crippen molar-refractivity contribution in [2.45, 2.75) is 18.9 Å². The number of phenolic OH excluding ortho intramolecular Hbond substituents is 1. The molecule has 2 aromatic carbocycles. The van der Waals surface area contributed by atoms with Gasteiger partial charge in [-0.05, 0) is 42.8 Å². The third-order valence-electron chi connectivity index (χ3n) is 4.57. The highest BCUT2D eigenvalue weighted by Crippen LogP contribution is 2.37. The van der Waals surface area contributed by atoms with E-state index >= 15 is 0 Å². The predicted octanol–water partition coefficient (Wildman–Crippen LogP) is 4.86. The minimum atomic E-state index is -1.16. The lowest BCUT2D eigenvalue weighted by molar-refractivity contribution is -0.123. The summed E-state index contributed by atoms with van der Waals surface area (Å²) in [5.74, 6) is -0.357. The van der Waals surface area contributed by atoms with E-state index in [1.165, 1.54) is 23.1 Å². The zero-order valence-corrected chi connectivity index (χ0v) is 17.1. The molecule has 3 amide bonds. The average molecular weight is 458 g/mol. The van der Waals surface area contributed by atoms with E-state index in [9.17, 15) is 14.7 Å². The Morgan fingerprint density at radius 3 is 2.31 bits per heavy atom. The summed E-state index contributed by atoms with van der Waals surface area (Å²) < 4.78 is 0.723. The fourth-order valence-electron chi connectivity index (χ4n) is 2.98. The number of nitrogens with zero attached hydrogens (tertiary/aromatic N) is 2. The van der Waals surface area contributed by atoms with E-state index in [4.69, 9.17) is 23.2 Å². The molecule has 1 unspecified atom stereocenters. The van der Waals surface area contributed by atoms with Crippen LogP contribution in [0.4, 0.5) is 10.5 Å². The van der Waals surface area contributed by atoms with Crippen molar-refractivity contribution in [1.82, 2.24) is 4.90 Å². The number of rotatable bonds is 3. The molecular weight excluding hydrogens is 443 g/mol. The average Bonchev–Trinajstić information content (AvgIpc) is 2.70. The van der Waals surface area contributed by atoms with E-state index in [1.807, 2.05) is 0 Å². The van der Waals surface area contributed by atoms with Crippen LogP contribution < -0.4 is 4.90 Å². The maximum Gasteiger partial charge on any atom is 0.332 e. The molecule has 1 aliphatic rings. The van der Waals surface area contributed by atoms with Crippen molar-refractivity contribution in [2.75, 3.05) is 11.9 Å². The largest absolute Gasteiger partial charge is 0.508 e. The summed E-state index contributed by atoms with van der Waals surface area (Å²) in [6, 6.07) is 9.12. The van der Waals surface area contributed by atoms with E-state index < -0.39 is 17.5 Å². The molecule has 1 aliphatic heterocycles. The van der Waals surface area contributed by atoms with Gasteiger partial charge in [0.1, 0.15) is 11.3 Å². The van der Waals surface area contributed by atoms with E-state index in [1.54, 1.807) is 32.2 Å². The summed E-state index contributed by atoms with van der Waals surface area (Å²) in [7, 11) is 1.56. The van der Waals surface area contributed by atoms with Gasteiger partial charge in [-0.25, -0.2) is 9.69 Å². The van der Waals surface area contributed by atoms with Gasteiger partial charge in [0.25, 0.3) is 5.91 Å². The molecule has 2 aromatic rings. The molecule has 1 saturated heterocycles. The van der Waals surface area contributed by atoms with Crippen LogP contribution in [0.3, 0.4) is 0 Å². The van der Waals surface area contributed by atoms with Gasteiger partial charge in [-0.3, -0.25) is 4.79 Å². The second kappa shape index (κ2) is 6.76. The Labute approximate surface area is 169 Å². The van der Waals surface area contributed by atoms with Crippen LogP contribution in [0.5, 0.6) is 5.75 Å². The summed E-state index contributed by atoms with van der Waals surface area (Å²) >= 11 is 15.3. The molecule has 0 radical (unpaired) electrons. The SMILES string of the molecule is CN1C(=O)N(c2cc(Cl)cc(Cl)c2)C(=O)C1(C)Cc1ccc(Br)cc1O. The maximum absolute atomic E-state index is 13.1. The molecule has 3 rings (SSSR count). The number of phenols is 1. The van der Waals surface area contributed by atoms with E-state index in [0.29, 0.717) is 21.3 Å². The second-order valence-corrected chi connectivity index (χ2v) is 8.12. The monoisotopic (exact) mass is 456 g/mol. The van der Waals surface area contributed by atoms with Gasteiger partial charge < -0.3 is 10.0 Å². The highest BCUT2D eigenvalue weighted by atomic mass is 79.9. The molecule has 0 bridgehead atoms. The minimum Gasteiger partial charge on any atom is -0.508 e. The van der Waals surface area contributed by atoms with Gasteiger partial charge in [0, 0.05) is 28.0 Å². The summed E-state index contributed by atoms with van der Waals surface area (Å²) in [6.07, 6.45) is 0.165. The third-order valence-corrected chi connectivity index (χ3v) is 5.50. The molecule has 1 heterocycles. The third kappa shape index (κ3) is 3.17. The van der Waals surface area contributed by atoms with Gasteiger partial charge in [0.05, 0.1) is 5.69 Å². The molecule has 5 nitrogen and oxygen atoms in total. The number of imide groups is 1. The number of anilines is 1. The van der Waals surface area contributed by atoms with E-state index in [0.717, 1.165) is 9.37 Å². The van der Waals surface area contributed by atoms with Crippen LogP contribution in [0.15, 0.2) is 40.9 Å². The molecule has 1 fully saturated rings. The topological polar surface area (TPSA) is 60.9 Å². The molecule has 0 aliphatic carbocycles. The number of carbonyl (C=O) groups is 2. The lowest BCUT2D eigenvalue weighted by Crippen LogP contribution is -2.47. The maximum atomic E-state index is 13.1. The predicted molar refractivity (Wildman–Crippen MR) is 105 cm³/mol. The molecule has 26 heavy (non-hydrogen) atoms. The first-order valence-electron chi connectivity index (χ1n) is 7.69. The van der Waals surface area contributed by atoms with Crippen molar-refractivity contribution in [3.8, 4) is 5.75 Å². The Hall–Kier alpha value is -1.76. The minimum absolute atomic E-state index is 0.0542. The Morgan fingerprint density at radius 1 is 1.12 bits per heavy atom. The molecular formula is C18H15BrCl2N2O3. The first-order valence-corrected chi connectivity index (χ1v) is 9.24. The highest BCUT2D eigenvalue weighted by Gasteiger charge is 2.53. The van der Waals surface area contributed by atoms with Gasteiger partial charge in [-0.1, -0.05) is 45.2 Å². The molecule has 8 heteroatoms. The number of urea groups is 1. The van der Waals surface area contributed by atoms with Gasteiger partial charge in [-0.15, -0.1) is 0 Å². The molecule has 1 atom stereocenters. The van der Waals surface area contributed by atoms with Crippen LogP contribution in [-0.2, 0) is 11.2 Å². The standard InChI is InChI=1S/C18H15BrCl2N2O3/c1-18(9-10-3-4-11(19)5-15(10)24)16(25)23(17(26)22(18)2)14-7-12(20)6-13(21)8-14/h3-8,24H,9H2,1-2H3. The lowest BCUT2D eigenvalue weighted by Gasteiger charge is -2.28. The number of aromatic hydroxyl groups is 1. The van der Waals surface area contributed by atoms with Crippen LogP contribution in [0, 0.1) is 0 Å². The summed E-state index contributed by atoms with van der Waals surface area (Å²) in [5.41, 5.74) is -0.278. The second-order valence-electron chi connectivity index (χ2n) is 6.33. The van der Waals surface area contributed by atoms with Gasteiger partial charge in [-0.2, -0.15) is 0 Å². The van der Waals surface area contributed by atoms with Crippen molar-refractivity contribution in [3.63, 3.8) is 0 Å². The molecule has 0 saturated carbocycles. The number of carbonyl (C=O) groups excluding carboxylic acids is 2. The number of likely N-dealkylation sites (N-methyl/N-ethyl adjacent to an activating group) is 1. The van der Waals surface area contributed by atoms with Crippen molar-refractivity contribution in [3.05, 3.63) is 56.5 Å². The van der Waals surface area contributed by atoms with Gasteiger partial charge >= 0.3 is 6.03 Å². The Kier molecular flexibility index (Phi) is 4.94. The fourth-order valence-corrected chi connectivity index (χ4v) is 3.84. The number of halogens is 3. The Morgan fingerprint density at radius 2 is 1.73 bits per heavy atom. The summed E-state index contributed by atoms with van der Waals surface area (Å²) in [6.45, 7) is 1.67. The number of benzene rings is 2. The lowest BCUT2D eigenvalue weighted by atomic mass is 9.91. The van der Waals surface area contributed by atoms with Crippen LogP contribution in [0.2, 0.25) is 10.0 Å². The van der Waals surface area contributed by atoms with Crippen molar-refractivity contribution in [1.29, 1.82) is 0 Å². The highest BCUT2D eigenvalue weighted by molar-refractivity contribution is 9.10. The molecule has 0 aromatic heterocycles. The smallest absolute Gasteiger partial charge is 0.332 e. The molecule has 136 valence electrons. The van der Waals surface area contributed by atoms with Crippen LogP contribution in [0.25, 0.3) is 0 Å². The first-order chi connectivity index (χ1) is 12.1. The quantitative estimate of drug-likeness (QED) is 0.669. The number of amides is 3. The normalized spacial score (nSPS) is 20.2. The Balaban J connectivity index is 2.01. The summed E-state index contributed by atoms with van der Waals surface area (Å²) in [5, 5.41) is 10.8. The van der Waals surface area contributed by atoms with E-state index in [2.05, 4.69) is 15.9 Å². The van der Waals surface area contributed by atoms with Crippen LogP contribution >= 0.6 is 39.1 Å². The van der Waals surface area contributed by atoms with Gasteiger partial charge in [0.2, 0.25) is 0 Å². The fraction of sp³-hybridized carbons (Fsp3) is 0.222. The summed E-state index contributed by atoms with van der Waals surface area (Å²) in [4.78, 5) is 28.3. The zero-order chi connectivity index (χ0) is 19.2. The first kappa shape index (κ1) is 19.0. The van der Waals surface area contributed by atoms with E-state index in [-0.39, 0.29) is 12.2 Å². The number of hydrogen-bond donors (Lipinski definition) is 1. The van der Waals surface area contributed by atoms with Crippen molar-refractivity contribution in [2.24, 2.45) is 0 Å². The van der Waals surface area contributed by atoms with Crippen molar-refractivity contribution >= 4 is 56.8 Å². The zero-order valence-electron chi connectivity index (χ0n) is 14.0. The number of hydrogen-bond acceptors (Lipinski definition) is 3. The van der Waals surface area contributed by atoms with Crippen LogP contribution in [0.1, 0.15) is 12.5 Å². The van der Waals surface area contributed by atoms with Crippen molar-refractivity contribution < 1.29 is 14.7 Å².